The van der Waals surface area contributed by atoms with Crippen LogP contribution in [0.4, 0.5) is 10.5 Å². The highest BCUT2D eigenvalue weighted by Crippen LogP contribution is 2.14. The molecule has 0 saturated heterocycles. The zero-order valence-corrected chi connectivity index (χ0v) is 17.0. The Morgan fingerprint density at radius 3 is 2.34 bits per heavy atom. The number of nitriles is 1. The second-order valence-corrected chi connectivity index (χ2v) is 6.87. The molecule has 9 heteroatoms. The molecule has 1 aromatic carbocycles. The van der Waals surface area contributed by atoms with Gasteiger partial charge in [0.25, 0.3) is 5.91 Å². The summed E-state index contributed by atoms with van der Waals surface area (Å²) in [6, 6.07) is 7.75. The summed E-state index contributed by atoms with van der Waals surface area (Å²) in [5.41, 5.74) is 5.16. The van der Waals surface area contributed by atoms with Gasteiger partial charge in [-0.15, -0.1) is 0 Å². The number of carbonyl (C=O) groups is 3. The van der Waals surface area contributed by atoms with E-state index in [4.69, 9.17) is 15.2 Å². The van der Waals surface area contributed by atoms with E-state index in [1.807, 2.05) is 0 Å². The van der Waals surface area contributed by atoms with Crippen molar-refractivity contribution in [2.75, 3.05) is 25.0 Å². The van der Waals surface area contributed by atoms with E-state index in [-0.39, 0.29) is 25.3 Å². The molecule has 0 aliphatic carbocycles. The number of esters is 1. The summed E-state index contributed by atoms with van der Waals surface area (Å²) in [6.07, 6.45) is 0.380. The first-order valence-corrected chi connectivity index (χ1v) is 9.01. The van der Waals surface area contributed by atoms with Gasteiger partial charge in [0.05, 0.1) is 12.2 Å². The van der Waals surface area contributed by atoms with Gasteiger partial charge in [0.15, 0.2) is 0 Å². The fraction of sp³-hybridized carbons (Fsp3) is 0.400. The Bertz CT molecular complexity index is 804. The van der Waals surface area contributed by atoms with Crippen molar-refractivity contribution in [3.05, 3.63) is 41.6 Å². The maximum Gasteiger partial charge on any atom is 0.414 e. The molecule has 0 saturated carbocycles. The van der Waals surface area contributed by atoms with E-state index in [1.54, 1.807) is 33.8 Å². The van der Waals surface area contributed by atoms with Crippen molar-refractivity contribution < 1.29 is 23.9 Å². The van der Waals surface area contributed by atoms with Crippen LogP contribution in [0.25, 0.3) is 0 Å². The molecule has 0 heterocycles. The van der Waals surface area contributed by atoms with Crippen LogP contribution in [0, 0.1) is 11.3 Å². The molecular formula is C20H26N4O5. The highest BCUT2D eigenvalue weighted by Gasteiger charge is 2.22. The average molecular weight is 402 g/mol. The van der Waals surface area contributed by atoms with Gasteiger partial charge < -0.3 is 20.5 Å². The summed E-state index contributed by atoms with van der Waals surface area (Å²) >= 11 is 0. The molecule has 1 aromatic rings. The lowest BCUT2D eigenvalue weighted by atomic mass is 10.2. The zero-order chi connectivity index (χ0) is 22.0. The Hall–Kier alpha value is -3.38. The first-order chi connectivity index (χ1) is 13.6. The highest BCUT2D eigenvalue weighted by molar-refractivity contribution is 6.06. The Morgan fingerprint density at radius 1 is 1.24 bits per heavy atom. The number of hydrogen-bond donors (Lipinski definition) is 2. The van der Waals surface area contributed by atoms with Crippen LogP contribution < -0.4 is 11.1 Å². The van der Waals surface area contributed by atoms with E-state index in [0.717, 1.165) is 11.1 Å². The summed E-state index contributed by atoms with van der Waals surface area (Å²) in [6.45, 7) is 7.25. The lowest BCUT2D eigenvalue weighted by Gasteiger charge is -2.25. The normalized spacial score (nSPS) is 11.2. The monoisotopic (exact) mass is 402 g/mol. The topological polar surface area (TPSA) is 135 Å². The van der Waals surface area contributed by atoms with Crippen LogP contribution in [0.5, 0.6) is 0 Å². The Kier molecular flexibility index (Phi) is 8.83. The van der Waals surface area contributed by atoms with Crippen LogP contribution >= 0.6 is 0 Å². The number of carbonyl (C=O) groups excluding carboxylic acids is 3. The predicted octanol–water partition coefficient (Wildman–Crippen LogP) is 2.41. The number of anilines is 1. The van der Waals surface area contributed by atoms with Gasteiger partial charge in [-0.2, -0.15) is 5.26 Å². The molecule has 2 amide bonds. The minimum atomic E-state index is -0.743. The molecule has 0 radical (unpaired) electrons. The first kappa shape index (κ1) is 23.7. The minimum absolute atomic E-state index is 0.0710. The van der Waals surface area contributed by atoms with Crippen LogP contribution in [0.1, 0.15) is 38.1 Å². The van der Waals surface area contributed by atoms with E-state index in [2.05, 4.69) is 5.32 Å². The molecule has 0 spiro atoms. The number of rotatable bonds is 7. The molecule has 0 bridgehead atoms. The predicted molar refractivity (Wildman–Crippen MR) is 107 cm³/mol. The van der Waals surface area contributed by atoms with Crippen molar-refractivity contribution in [2.24, 2.45) is 5.73 Å². The molecule has 1 rings (SSSR count). The zero-order valence-electron chi connectivity index (χ0n) is 17.0. The minimum Gasteiger partial charge on any atom is -0.462 e. The maximum absolute atomic E-state index is 12.4. The molecule has 0 aliphatic heterocycles. The van der Waals surface area contributed by atoms with E-state index in [1.165, 1.54) is 24.3 Å². The molecule has 9 nitrogen and oxygen atoms in total. The fourth-order valence-electron chi connectivity index (χ4n) is 2.06. The van der Waals surface area contributed by atoms with E-state index in [9.17, 15) is 19.6 Å². The number of amides is 2. The second kappa shape index (κ2) is 10.8. The second-order valence-electron chi connectivity index (χ2n) is 6.87. The SMILES string of the molecule is CCOC(=O)c1ccc(NC(=O)/C(C#N)=C\N(CCN)C(=O)OC(C)(C)C)cc1. The third-order valence-electron chi connectivity index (χ3n) is 3.30. The molecule has 3 N–H and O–H groups in total. The highest BCUT2D eigenvalue weighted by atomic mass is 16.6. The number of ether oxygens (including phenoxy) is 2. The lowest BCUT2D eigenvalue weighted by molar-refractivity contribution is -0.112. The molecule has 0 unspecified atom stereocenters. The molecular weight excluding hydrogens is 376 g/mol. The number of nitrogens with two attached hydrogens (primary N) is 1. The molecule has 0 fully saturated rings. The van der Waals surface area contributed by atoms with Crippen molar-refractivity contribution >= 4 is 23.7 Å². The summed E-state index contributed by atoms with van der Waals surface area (Å²) in [5, 5.41) is 11.9. The van der Waals surface area contributed by atoms with Gasteiger partial charge in [0.1, 0.15) is 17.2 Å². The standard InChI is InChI=1S/C20H26N4O5/c1-5-28-18(26)14-6-8-16(9-7-14)23-17(25)15(12-22)13-24(11-10-21)19(27)29-20(2,3)4/h6-9,13H,5,10-11,21H2,1-4H3,(H,23,25)/b15-13-. The lowest BCUT2D eigenvalue weighted by Crippen LogP contribution is -2.37. The van der Waals surface area contributed by atoms with Crippen LogP contribution in [-0.4, -0.2) is 48.2 Å². The van der Waals surface area contributed by atoms with Crippen LogP contribution in [-0.2, 0) is 14.3 Å². The van der Waals surface area contributed by atoms with Crippen molar-refractivity contribution in [3.8, 4) is 6.07 Å². The van der Waals surface area contributed by atoms with Crippen LogP contribution in [0.15, 0.2) is 36.0 Å². The van der Waals surface area contributed by atoms with E-state index >= 15 is 0 Å². The van der Waals surface area contributed by atoms with Gasteiger partial charge in [-0.3, -0.25) is 9.69 Å². The third-order valence-corrected chi connectivity index (χ3v) is 3.30. The fourth-order valence-corrected chi connectivity index (χ4v) is 2.06. The number of hydrogen-bond acceptors (Lipinski definition) is 7. The van der Waals surface area contributed by atoms with Gasteiger partial charge in [-0.25, -0.2) is 9.59 Å². The molecule has 29 heavy (non-hydrogen) atoms. The molecule has 156 valence electrons. The van der Waals surface area contributed by atoms with Crippen molar-refractivity contribution in [1.29, 1.82) is 5.26 Å². The van der Waals surface area contributed by atoms with E-state index in [0.29, 0.717) is 11.3 Å². The molecule has 0 atom stereocenters. The summed E-state index contributed by atoms with van der Waals surface area (Å²) in [7, 11) is 0. The Balaban J connectivity index is 2.94. The van der Waals surface area contributed by atoms with E-state index < -0.39 is 23.6 Å². The maximum atomic E-state index is 12.4. The van der Waals surface area contributed by atoms with Gasteiger partial charge in [-0.05, 0) is 52.0 Å². The average Bonchev–Trinajstić information content (AvgIpc) is 2.64. The number of nitrogens with zero attached hydrogens (tertiary/aromatic N) is 2. The van der Waals surface area contributed by atoms with Crippen LogP contribution in [0.2, 0.25) is 0 Å². The summed E-state index contributed by atoms with van der Waals surface area (Å²) in [5.74, 6) is -1.19. The van der Waals surface area contributed by atoms with Crippen molar-refractivity contribution in [2.45, 2.75) is 33.3 Å². The van der Waals surface area contributed by atoms with Crippen LogP contribution in [0.3, 0.4) is 0 Å². The Labute approximate surface area is 170 Å². The third kappa shape index (κ3) is 8.02. The quantitative estimate of drug-likeness (QED) is 0.406. The van der Waals surface area contributed by atoms with Gasteiger partial charge in [0.2, 0.25) is 0 Å². The van der Waals surface area contributed by atoms with Gasteiger partial charge in [0, 0.05) is 25.0 Å². The smallest absolute Gasteiger partial charge is 0.414 e. The first-order valence-electron chi connectivity index (χ1n) is 9.01. The number of benzene rings is 1. The summed E-state index contributed by atoms with van der Waals surface area (Å²) < 4.78 is 10.1. The Morgan fingerprint density at radius 2 is 1.86 bits per heavy atom. The summed E-state index contributed by atoms with van der Waals surface area (Å²) in [4.78, 5) is 37.4. The van der Waals surface area contributed by atoms with Crippen molar-refractivity contribution in [3.63, 3.8) is 0 Å². The number of nitrogens with one attached hydrogen (secondary N) is 1. The van der Waals surface area contributed by atoms with Crippen molar-refractivity contribution in [1.82, 2.24) is 4.90 Å². The molecule has 0 aliphatic rings. The van der Waals surface area contributed by atoms with Gasteiger partial charge >= 0.3 is 12.1 Å². The molecule has 0 aromatic heterocycles. The largest absolute Gasteiger partial charge is 0.462 e. The van der Waals surface area contributed by atoms with Gasteiger partial charge in [-0.1, -0.05) is 0 Å².